The number of hydrogen-bond donors (Lipinski definition) is 0. The maximum Gasteiger partial charge on any atom is 0.181 e. The van der Waals surface area contributed by atoms with Gasteiger partial charge in [-0.05, 0) is 0 Å². The molecule has 18 valence electrons. The Labute approximate surface area is 24.9 Å². The second-order valence-corrected chi connectivity index (χ2v) is 0. The van der Waals surface area contributed by atoms with Crippen LogP contribution < -0.4 is 0 Å². The molecule has 0 fully saturated rings. The van der Waals surface area contributed by atoms with Crippen LogP contribution in [0.1, 0.15) is 0 Å². The van der Waals surface area contributed by atoms with Crippen molar-refractivity contribution < 1.29 is 0 Å². The van der Waals surface area contributed by atoms with Gasteiger partial charge in [0, 0.05) is 0 Å². The Kier molecular flexibility index (Phi) is 5.56. The molecule has 0 saturated heterocycles. The molecule has 0 aliphatic heterocycles. The first-order chi connectivity index (χ1) is 2.00. The molecule has 0 aliphatic carbocycles. The van der Waals surface area contributed by atoms with E-state index in [0.717, 1.165) is 0 Å². The van der Waals surface area contributed by atoms with Crippen molar-refractivity contribution in [1.29, 1.82) is 10.5 Å². The Morgan fingerprint density at radius 3 is 0.750 bits per heavy atom. The number of rotatable bonds is 0. The van der Waals surface area contributed by atoms with Gasteiger partial charge in [0.1, 0.15) is 0 Å². The summed E-state index contributed by atoms with van der Waals surface area (Å²) in [6.45, 7) is 9.50. The van der Waals surface area contributed by atoms with E-state index in [4.69, 9.17) is 23.7 Å². The second-order valence-electron chi connectivity index (χ2n) is 0. The molecule has 0 aromatic rings. The highest BCUT2D eigenvalue weighted by atomic mass is 14.2. The van der Waals surface area contributed by atoms with Crippen LogP contribution in [-0.2, 0) is 0 Å². The fourth-order valence-electron chi connectivity index (χ4n) is 0. The topological polar surface area (TPSA) is 47.6 Å². The molecule has 0 N–H and O–H groups in total. The maximum atomic E-state index is 6.25. The van der Waals surface area contributed by atoms with Gasteiger partial charge in [0.25, 0.3) is 0 Å². The highest BCUT2D eigenvalue weighted by Gasteiger charge is 0.607. The molecule has 0 aromatic carbocycles. The van der Waals surface area contributed by atoms with Crippen LogP contribution in [0.5, 0.6) is 0 Å². The van der Waals surface area contributed by atoms with E-state index in [0.29, 0.717) is 0 Å². The average Bonchev–Trinajstić information content (AvgIpc) is 1.50. The Balaban J connectivity index is 0. The zero-order valence-corrected chi connectivity index (χ0v) is 1.89. The summed E-state index contributed by atoms with van der Waals surface area (Å²) in [5, 5.41) is 12.5. The van der Waals surface area contributed by atoms with Crippen molar-refractivity contribution >= 4 is 0 Å². The van der Waals surface area contributed by atoms with E-state index in [9.17, 15) is 0 Å². The summed E-state index contributed by atoms with van der Waals surface area (Å²) in [4.78, 5) is 0. The van der Waals surface area contributed by atoms with Gasteiger partial charge in [-0.3, -0.25) is 0 Å². The first kappa shape index (κ1) is 12.2. The van der Waals surface area contributed by atoms with E-state index in [2.05, 4.69) is 0 Å². The Morgan fingerprint density at radius 1 is 0.750 bits per heavy atom. The van der Waals surface area contributed by atoms with Gasteiger partial charge < -0.3 is 0 Å². The van der Waals surface area contributed by atoms with Gasteiger partial charge in [-0.2, -0.15) is 10.5 Å². The lowest BCUT2D eigenvalue weighted by Gasteiger charge is -0.605. The smallest absolute Gasteiger partial charge is 0.181 e. The summed E-state index contributed by atoms with van der Waals surface area (Å²) < 4.78 is 0. The Hall–Kier alpha value is -1.02. The van der Waals surface area contributed by atoms with E-state index in [1.807, 2.05) is 0 Å². The van der Waals surface area contributed by atoms with Crippen molar-refractivity contribution in [3.8, 4) is 0 Å². The van der Waals surface area contributed by atoms with Crippen LogP contribution >= 0.6 is 0 Å². The third kappa shape index (κ3) is 0.000377. The van der Waals surface area contributed by atoms with Crippen LogP contribution in [-0.4, -0.2) is 0 Å². The molecule has 0 bridgehead atoms. The van der Waals surface area contributed by atoms with E-state index < -0.39 is 0 Å². The molecule has 0 atom stereocenters. The molecule has 2 heteroatoms. The predicted molar refractivity (Wildman–Crippen MR) is 9.94 cm³/mol. The Morgan fingerprint density at radius 2 is 0.750 bits per heavy atom. The van der Waals surface area contributed by atoms with Crippen LogP contribution in [0.4, 0.5) is 0 Å². The molecular weight excluding hydrogens is 52.0 g/mol. The van der Waals surface area contributed by atoms with Gasteiger partial charge in [0.05, 0.1) is 0 Å². The van der Waals surface area contributed by atoms with Crippen molar-refractivity contribution in [2.45, 2.75) is 0 Å². The molecule has 0 aromatic heterocycles. The van der Waals surface area contributed by atoms with Gasteiger partial charge in [0.15, 0.2) is 13.1 Å². The van der Waals surface area contributed by atoms with Gasteiger partial charge in [-0.1, -0.05) is 0 Å². The third-order valence-electron chi connectivity index (χ3n) is 0. The molecule has 4 heavy (non-hydrogen) atoms. The van der Waals surface area contributed by atoms with Gasteiger partial charge in [-0.15, -0.1) is 0 Å². The molecule has 0 heterocycles. The van der Waals surface area contributed by atoms with Crippen LogP contribution in [0, 0.1) is 23.7 Å². The fourth-order valence-corrected chi connectivity index (χ4v) is 0. The largest absolute Gasteiger partial charge is 0.181 e. The van der Waals surface area contributed by atoms with Crippen LogP contribution in [0.15, 0.2) is 0 Å². The molecule has 0 rings (SSSR count). The summed E-state index contributed by atoms with van der Waals surface area (Å²) in [6, 6.07) is 0. The zero-order valence-electron chi connectivity index (χ0n) is 1.89. The summed E-state index contributed by atoms with van der Waals surface area (Å²) in [6.07, 6.45) is 0. The molecule has 0 amide bonds. The minimum atomic E-state index is 4.75. The molecule has 2 nitrogen and oxygen atoms in total. The van der Waals surface area contributed by atoms with E-state index in [-0.39, 0.29) is 0 Å². The molecule has 0 unspecified atom stereocenters. The standard InChI is InChI=1S/2CN/c2*1-2. The molecule has 0 spiro atoms. The zero-order chi connectivity index (χ0) is 4.00. The van der Waals surface area contributed by atoms with E-state index >= 15 is 0 Å². The first-order valence-corrected chi connectivity index (χ1v) is 0.447. The highest BCUT2D eigenvalue weighted by molar-refractivity contribution is 3.44. The summed E-state index contributed by atoms with van der Waals surface area (Å²) >= 11 is 0. The third-order valence-corrected chi connectivity index (χ3v) is 0. The van der Waals surface area contributed by atoms with Gasteiger partial charge in [-0.25, -0.2) is 0 Å². The second kappa shape index (κ2) is 1.83. The average molecular weight is 52.0 g/mol. The van der Waals surface area contributed by atoms with Gasteiger partial charge >= 0.3 is 0 Å². The van der Waals surface area contributed by atoms with E-state index in [1.54, 1.807) is 0 Å². The Bertz CT molecular complexity index is 19.5. The van der Waals surface area contributed by atoms with Crippen molar-refractivity contribution in [3.05, 3.63) is 13.1 Å². The minimum Gasteiger partial charge on any atom is -0.181 e. The van der Waals surface area contributed by atoms with Crippen LogP contribution in [0.3, 0.4) is 0 Å². The lowest BCUT2D eigenvalue weighted by molar-refractivity contribution is 1.53. The lowest BCUT2D eigenvalue weighted by Crippen LogP contribution is -0.530. The lowest BCUT2D eigenvalue weighted by atomic mass is 11.9. The van der Waals surface area contributed by atoms with Gasteiger partial charge in [0.2, 0.25) is 0 Å². The normalized spacial score (nSPS) is 1.00. The quantitative estimate of drug-likeness (QED) is 0.395. The maximum absolute atomic E-state index is 6.25. The molecule has 2 radical (unpaired) electrons. The van der Waals surface area contributed by atoms with Crippen molar-refractivity contribution in [2.75, 3.05) is 0 Å². The first-order valence-electron chi connectivity index (χ1n) is 0.447. The predicted octanol–water partition coefficient (Wildman–Crippen LogP) is 0.193. The minimum absolute atomic E-state index is 4.75. The van der Waals surface area contributed by atoms with Crippen molar-refractivity contribution in [3.63, 3.8) is 0 Å². The molecule has 0 saturated carbocycles. The highest BCUT2D eigenvalue weighted by Crippen LogP contribution is 0.628. The molecular formula is C2N2. The SMILES string of the molecule is [C]#N.[C]#N. The summed E-state index contributed by atoms with van der Waals surface area (Å²) in [7, 11) is 0. The summed E-state index contributed by atoms with van der Waals surface area (Å²) in [5.41, 5.74) is 0. The number of nitrogens with zero attached hydrogens (tertiary/aromatic N) is 2. The van der Waals surface area contributed by atoms with Crippen molar-refractivity contribution in [1.82, 2.24) is 0 Å². The van der Waals surface area contributed by atoms with Crippen molar-refractivity contribution in [2.24, 2.45) is 0 Å². The van der Waals surface area contributed by atoms with Crippen LogP contribution in [0.2, 0.25) is 0 Å². The summed E-state index contributed by atoms with van der Waals surface area (Å²) in [5.74, 6) is 0. The monoisotopic (exact) mass is 52.0 g/mol. The fraction of sp³-hybridized carbons (Fsp3) is 0. The number of hydrogen-bond acceptors (Lipinski definition) is 2. The van der Waals surface area contributed by atoms with E-state index in [1.165, 1.54) is 0 Å². The molecule has 0 aliphatic rings. The van der Waals surface area contributed by atoms with Crippen LogP contribution in [0.25, 0.3) is 0 Å².